The van der Waals surface area contributed by atoms with Gasteiger partial charge in [0.15, 0.2) is 17.3 Å². The van der Waals surface area contributed by atoms with E-state index in [9.17, 15) is 4.79 Å². The van der Waals surface area contributed by atoms with E-state index in [2.05, 4.69) is 15.5 Å². The van der Waals surface area contributed by atoms with Gasteiger partial charge in [-0.1, -0.05) is 16.9 Å². The van der Waals surface area contributed by atoms with Crippen LogP contribution in [0.3, 0.4) is 0 Å². The van der Waals surface area contributed by atoms with Gasteiger partial charge in [0.1, 0.15) is 10.8 Å². The van der Waals surface area contributed by atoms with Crippen molar-refractivity contribution in [3.63, 3.8) is 0 Å². The average molecular weight is 373 g/mol. The largest absolute Gasteiger partial charge is 0.493 e. The standard InChI is InChI=1S/C18H19N3O4S/c1-10-5-12-7-14(23-3)15(24-4)8-13(12)19-18(10)26-9-17(22)20-16-6-11(2)25-21-16/h5-8H,9H2,1-4H3,(H,20,21,22). The number of carbonyl (C=O) groups excluding carboxylic acids is 1. The van der Waals surface area contributed by atoms with Crippen molar-refractivity contribution in [2.45, 2.75) is 18.9 Å². The quantitative estimate of drug-likeness (QED) is 0.661. The maximum absolute atomic E-state index is 12.1. The Hall–Kier alpha value is -2.74. The zero-order valence-electron chi connectivity index (χ0n) is 15.0. The predicted molar refractivity (Wildman–Crippen MR) is 100 cm³/mol. The molecule has 0 radical (unpaired) electrons. The van der Waals surface area contributed by atoms with Gasteiger partial charge < -0.3 is 19.3 Å². The fraction of sp³-hybridized carbons (Fsp3) is 0.278. The lowest BCUT2D eigenvalue weighted by atomic mass is 10.1. The molecule has 0 unspecified atom stereocenters. The molecule has 0 atom stereocenters. The van der Waals surface area contributed by atoms with Crippen LogP contribution in [0.1, 0.15) is 11.3 Å². The number of nitrogens with zero attached hydrogens (tertiary/aromatic N) is 2. The lowest BCUT2D eigenvalue weighted by molar-refractivity contribution is -0.113. The Balaban J connectivity index is 1.76. The SMILES string of the molecule is COc1cc2cc(C)c(SCC(=O)Nc3cc(C)on3)nc2cc1OC. The summed E-state index contributed by atoms with van der Waals surface area (Å²) in [5.41, 5.74) is 1.77. The van der Waals surface area contributed by atoms with Gasteiger partial charge in [0.05, 0.1) is 25.5 Å². The van der Waals surface area contributed by atoms with Crippen molar-refractivity contribution in [3.8, 4) is 11.5 Å². The maximum atomic E-state index is 12.1. The molecule has 0 aliphatic rings. The van der Waals surface area contributed by atoms with Gasteiger partial charge in [0.2, 0.25) is 5.91 Å². The molecule has 0 bridgehead atoms. The van der Waals surface area contributed by atoms with Gasteiger partial charge in [0.25, 0.3) is 0 Å². The molecule has 136 valence electrons. The Bertz CT molecular complexity index is 955. The highest BCUT2D eigenvalue weighted by molar-refractivity contribution is 8.00. The van der Waals surface area contributed by atoms with Gasteiger partial charge in [-0.3, -0.25) is 4.79 Å². The molecule has 0 fully saturated rings. The summed E-state index contributed by atoms with van der Waals surface area (Å²) >= 11 is 1.37. The van der Waals surface area contributed by atoms with E-state index in [4.69, 9.17) is 14.0 Å². The summed E-state index contributed by atoms with van der Waals surface area (Å²) in [5.74, 6) is 2.38. The number of rotatable bonds is 6. The Morgan fingerprint density at radius 3 is 2.54 bits per heavy atom. The minimum atomic E-state index is -0.170. The molecule has 2 heterocycles. The molecule has 2 aromatic heterocycles. The van der Waals surface area contributed by atoms with E-state index in [-0.39, 0.29) is 11.7 Å². The molecule has 1 amide bonds. The predicted octanol–water partition coefficient (Wildman–Crippen LogP) is 3.59. The summed E-state index contributed by atoms with van der Waals surface area (Å²) in [5, 5.41) is 8.18. The Morgan fingerprint density at radius 1 is 1.15 bits per heavy atom. The summed E-state index contributed by atoms with van der Waals surface area (Å²) in [7, 11) is 3.19. The number of amides is 1. The van der Waals surface area contributed by atoms with Crippen LogP contribution in [0.2, 0.25) is 0 Å². The van der Waals surface area contributed by atoms with Gasteiger partial charge in [-0.15, -0.1) is 0 Å². The van der Waals surface area contributed by atoms with Crippen molar-refractivity contribution < 1.29 is 18.8 Å². The minimum Gasteiger partial charge on any atom is -0.493 e. The third-order valence-corrected chi connectivity index (χ3v) is 4.79. The molecule has 7 nitrogen and oxygen atoms in total. The first kappa shape index (κ1) is 18.1. The summed E-state index contributed by atoms with van der Waals surface area (Å²) in [6.07, 6.45) is 0. The summed E-state index contributed by atoms with van der Waals surface area (Å²) in [6, 6.07) is 7.41. The van der Waals surface area contributed by atoms with E-state index < -0.39 is 0 Å². The molecule has 0 saturated heterocycles. The number of nitrogens with one attached hydrogen (secondary N) is 1. The molecule has 3 aromatic rings. The lowest BCUT2D eigenvalue weighted by Crippen LogP contribution is -2.14. The Labute approximate surface area is 155 Å². The number of hydrogen-bond donors (Lipinski definition) is 1. The number of pyridine rings is 1. The van der Waals surface area contributed by atoms with Crippen LogP contribution in [0.15, 0.2) is 33.8 Å². The van der Waals surface area contributed by atoms with Gasteiger partial charge >= 0.3 is 0 Å². The maximum Gasteiger partial charge on any atom is 0.236 e. The number of methoxy groups -OCH3 is 2. The Morgan fingerprint density at radius 2 is 1.88 bits per heavy atom. The van der Waals surface area contributed by atoms with Crippen LogP contribution in [0.25, 0.3) is 10.9 Å². The molecular formula is C18H19N3O4S. The summed E-state index contributed by atoms with van der Waals surface area (Å²) in [4.78, 5) is 16.7. The van der Waals surface area contributed by atoms with Crippen LogP contribution >= 0.6 is 11.8 Å². The number of anilines is 1. The first-order valence-corrected chi connectivity index (χ1v) is 8.88. The fourth-order valence-electron chi connectivity index (χ4n) is 2.47. The van der Waals surface area contributed by atoms with Crippen molar-refractivity contribution in [2.24, 2.45) is 0 Å². The molecule has 0 spiro atoms. The third-order valence-electron chi connectivity index (χ3n) is 3.70. The van der Waals surface area contributed by atoms with E-state index in [0.717, 1.165) is 21.5 Å². The number of thioether (sulfide) groups is 1. The number of aryl methyl sites for hydroxylation is 2. The van der Waals surface area contributed by atoms with Crippen LogP contribution in [-0.4, -0.2) is 36.0 Å². The lowest BCUT2D eigenvalue weighted by Gasteiger charge is -2.11. The van der Waals surface area contributed by atoms with Crippen LogP contribution in [0, 0.1) is 13.8 Å². The summed E-state index contributed by atoms with van der Waals surface area (Å²) in [6.45, 7) is 3.73. The monoisotopic (exact) mass is 373 g/mol. The molecule has 0 aliphatic heterocycles. The second-order valence-corrected chi connectivity index (χ2v) is 6.63. The normalized spacial score (nSPS) is 10.8. The highest BCUT2D eigenvalue weighted by Crippen LogP contribution is 2.33. The molecular weight excluding hydrogens is 354 g/mol. The highest BCUT2D eigenvalue weighted by Gasteiger charge is 2.12. The van der Waals surface area contributed by atoms with Crippen LogP contribution < -0.4 is 14.8 Å². The van der Waals surface area contributed by atoms with Crippen molar-refractivity contribution in [2.75, 3.05) is 25.3 Å². The number of benzene rings is 1. The van der Waals surface area contributed by atoms with Crippen molar-refractivity contribution >= 4 is 34.4 Å². The van der Waals surface area contributed by atoms with Gasteiger partial charge in [-0.05, 0) is 31.5 Å². The highest BCUT2D eigenvalue weighted by atomic mass is 32.2. The van der Waals surface area contributed by atoms with Crippen molar-refractivity contribution in [1.29, 1.82) is 0 Å². The Kier molecular flexibility index (Phi) is 5.32. The first-order valence-electron chi connectivity index (χ1n) is 7.89. The molecule has 8 heteroatoms. The second-order valence-electron chi connectivity index (χ2n) is 5.67. The zero-order valence-corrected chi connectivity index (χ0v) is 15.8. The van der Waals surface area contributed by atoms with Crippen LogP contribution in [0.4, 0.5) is 5.82 Å². The minimum absolute atomic E-state index is 0.170. The van der Waals surface area contributed by atoms with Crippen LogP contribution in [-0.2, 0) is 4.79 Å². The van der Waals surface area contributed by atoms with Crippen LogP contribution in [0.5, 0.6) is 11.5 Å². The van der Waals surface area contributed by atoms with Crippen molar-refractivity contribution in [1.82, 2.24) is 10.1 Å². The second kappa shape index (κ2) is 7.65. The van der Waals surface area contributed by atoms with Gasteiger partial charge in [-0.25, -0.2) is 4.98 Å². The molecule has 1 N–H and O–H groups in total. The van der Waals surface area contributed by atoms with E-state index >= 15 is 0 Å². The fourth-order valence-corrected chi connectivity index (χ4v) is 3.26. The number of fused-ring (bicyclic) bond motifs is 1. The number of aromatic nitrogens is 2. The summed E-state index contributed by atoms with van der Waals surface area (Å²) < 4.78 is 15.6. The molecule has 0 saturated carbocycles. The van der Waals surface area contributed by atoms with E-state index in [1.807, 2.05) is 25.1 Å². The van der Waals surface area contributed by atoms with Crippen molar-refractivity contribution in [3.05, 3.63) is 35.6 Å². The topological polar surface area (TPSA) is 86.5 Å². The van der Waals surface area contributed by atoms with E-state index in [1.165, 1.54) is 11.8 Å². The zero-order chi connectivity index (χ0) is 18.7. The van der Waals surface area contributed by atoms with Gasteiger partial charge in [0, 0.05) is 17.5 Å². The van der Waals surface area contributed by atoms with Gasteiger partial charge in [-0.2, -0.15) is 0 Å². The average Bonchev–Trinajstić information content (AvgIpc) is 3.03. The molecule has 1 aromatic carbocycles. The number of carbonyl (C=O) groups is 1. The number of hydrogen-bond acceptors (Lipinski definition) is 7. The van der Waals surface area contributed by atoms with E-state index in [1.54, 1.807) is 27.2 Å². The van der Waals surface area contributed by atoms with E-state index in [0.29, 0.717) is 23.1 Å². The molecule has 3 rings (SSSR count). The molecule has 26 heavy (non-hydrogen) atoms. The smallest absolute Gasteiger partial charge is 0.236 e. The third kappa shape index (κ3) is 3.91. The molecule has 0 aliphatic carbocycles. The first-order chi connectivity index (χ1) is 12.5. The number of ether oxygens (including phenoxy) is 2.